The molecule has 0 aliphatic rings. The summed E-state index contributed by atoms with van der Waals surface area (Å²) < 4.78 is 19.7. The van der Waals surface area contributed by atoms with Crippen LogP contribution in [-0.2, 0) is 61.9 Å². The summed E-state index contributed by atoms with van der Waals surface area (Å²) in [5.74, 6) is -2.79. The Morgan fingerprint density at radius 3 is 0.694 bits per heavy atom. The fraction of sp³-hybridized carbons (Fsp3) is 0.269. The van der Waals surface area contributed by atoms with Gasteiger partial charge in [0.2, 0.25) is 12.8 Å². The largest absolute Gasteiger partial charge is 3.00 e. The van der Waals surface area contributed by atoms with E-state index in [0.717, 1.165) is 51.3 Å². The van der Waals surface area contributed by atoms with Crippen molar-refractivity contribution in [3.05, 3.63) is 192 Å². The maximum atomic E-state index is 11.9. The van der Waals surface area contributed by atoms with Gasteiger partial charge in [0.15, 0.2) is 26.4 Å². The predicted octanol–water partition coefficient (Wildman–Crippen LogP) is -1.42. The van der Waals surface area contributed by atoms with Crippen LogP contribution in [0.2, 0.25) is 0 Å². The van der Waals surface area contributed by atoms with Crippen molar-refractivity contribution >= 4 is 49.6 Å². The van der Waals surface area contributed by atoms with Gasteiger partial charge in [0, 0.05) is 42.4 Å². The number of ether oxygens (including phenoxy) is 4. The summed E-state index contributed by atoms with van der Waals surface area (Å²) in [6, 6.07) is 24.0. The summed E-state index contributed by atoms with van der Waals surface area (Å²) in [5, 5.41) is 156. The maximum absolute atomic E-state index is 11.9. The van der Waals surface area contributed by atoms with Crippen LogP contribution in [0.1, 0.15) is 43.0 Å². The van der Waals surface area contributed by atoms with Crippen molar-refractivity contribution in [2.75, 3.05) is 97.3 Å². The number of oxime groups is 4. The van der Waals surface area contributed by atoms with Crippen LogP contribution in [0.4, 0.5) is 0 Å². The molecule has 42 nitrogen and oxygen atoms in total. The summed E-state index contributed by atoms with van der Waals surface area (Å²) in [6.07, 6.45) is 6.70. The van der Waals surface area contributed by atoms with E-state index in [0.29, 0.717) is 22.3 Å². The minimum absolute atomic E-state index is 0. The Morgan fingerprint density at radius 1 is 0.418 bits per heavy atom. The molecule has 0 unspecified atom stereocenters. The van der Waals surface area contributed by atoms with Gasteiger partial charge in [-0.15, -0.1) is 0 Å². The first kappa shape index (κ1) is 110. The van der Waals surface area contributed by atoms with Gasteiger partial charge in [-0.05, 0) is 57.6 Å². The van der Waals surface area contributed by atoms with E-state index < -0.39 is 32.3 Å². The van der Waals surface area contributed by atoms with Crippen LogP contribution in [0.25, 0.3) is 0 Å². The molecule has 46 heteroatoms. The van der Waals surface area contributed by atoms with E-state index in [2.05, 4.69) is 20.6 Å². The van der Waals surface area contributed by atoms with Gasteiger partial charge in [-0.2, -0.15) is 0 Å². The molecular formula is C52H62Gd2N10Ni2O32. The fourth-order valence-electron chi connectivity index (χ4n) is 4.66. The average Bonchev–Trinajstić information content (AvgIpc) is 0.915. The van der Waals surface area contributed by atoms with Gasteiger partial charge < -0.3 is 160 Å². The zero-order valence-corrected chi connectivity index (χ0v) is 59.0. The molecule has 98 heavy (non-hydrogen) atoms. The number of rotatable bonds is 22. The van der Waals surface area contributed by atoms with Gasteiger partial charge in [0.25, 0.3) is 0 Å². The molecule has 548 valence electrons. The molecule has 0 saturated heterocycles. The zero-order chi connectivity index (χ0) is 73.6. The number of amides is 2. The fourth-order valence-corrected chi connectivity index (χ4v) is 4.66. The molecule has 0 fully saturated rings. The first-order valence-electron chi connectivity index (χ1n) is 24.3. The summed E-state index contributed by atoms with van der Waals surface area (Å²) >= 11 is 0. The number of carboxylic acid groups (broad SMARTS) is 2. The topological polar surface area (TPSA) is 642 Å². The third kappa shape index (κ3) is 65.3. The van der Waals surface area contributed by atoms with Gasteiger partial charge in [-0.1, -0.05) is 116 Å². The Bertz CT molecular complexity index is 2700. The second kappa shape index (κ2) is 73.4. The minimum atomic E-state index is -1.75. The molecule has 2 N–H and O–H groups in total. The van der Waals surface area contributed by atoms with Gasteiger partial charge >= 0.3 is 113 Å². The molecule has 2 radical (unpaired) electrons. The Morgan fingerprint density at radius 2 is 0.571 bits per heavy atom. The number of methoxy groups -OCH3 is 4. The van der Waals surface area contributed by atoms with Gasteiger partial charge in [0.1, 0.15) is 23.0 Å². The van der Waals surface area contributed by atoms with Crippen molar-refractivity contribution in [2.24, 2.45) is 20.6 Å². The molecule has 0 bridgehead atoms. The van der Waals surface area contributed by atoms with Crippen LogP contribution in [0, 0.1) is 141 Å². The van der Waals surface area contributed by atoms with E-state index in [1.54, 1.807) is 101 Å². The molecule has 2 amide bonds. The minimum Gasteiger partial charge on any atom is -0.870 e. The van der Waals surface area contributed by atoms with Crippen LogP contribution in [0.5, 0.6) is 46.0 Å². The van der Waals surface area contributed by atoms with E-state index in [-0.39, 0.29) is 196 Å². The summed E-state index contributed by atoms with van der Waals surface area (Å²) in [6.45, 7) is 0.478. The zero-order valence-electron chi connectivity index (χ0n) is 52.5. The molecule has 0 spiro atoms. The normalized spacial score (nSPS) is 8.78. The van der Waals surface area contributed by atoms with E-state index in [9.17, 15) is 49.8 Å². The molecule has 0 aliphatic carbocycles. The third-order valence-corrected chi connectivity index (χ3v) is 8.29. The van der Waals surface area contributed by atoms with Gasteiger partial charge in [0.05, 0.1) is 85.6 Å². The number of aliphatic hydroxyl groups excluding tert-OH is 2. The van der Waals surface area contributed by atoms with Crippen molar-refractivity contribution < 1.29 is 232 Å². The van der Waals surface area contributed by atoms with Crippen LogP contribution < -0.4 is 49.6 Å². The maximum Gasteiger partial charge on any atom is 3.00 e. The van der Waals surface area contributed by atoms with Crippen LogP contribution in [0.15, 0.2) is 118 Å². The van der Waals surface area contributed by atoms with Crippen molar-refractivity contribution in [2.45, 2.75) is 0 Å². The van der Waals surface area contributed by atoms with Crippen molar-refractivity contribution in [3.63, 3.8) is 0 Å². The second-order valence-electron chi connectivity index (χ2n) is 15.0. The second-order valence-corrected chi connectivity index (χ2v) is 15.0. The number of aliphatic hydroxyl groups is 2. The monoisotopic (exact) mass is 1770 g/mol. The quantitative estimate of drug-likeness (QED) is 0.0201. The molecule has 0 saturated carbocycles. The van der Waals surface area contributed by atoms with Crippen LogP contribution >= 0.6 is 0 Å². The molecule has 0 aromatic heterocycles. The SMILES string of the molecule is CN(C)C=O.CN(C)C=O.CO.CO.COc1cccc(/C=N/OCCO/N=C/c2cccc(OC)c2[O-])c1[O-].COc1cccc(/C=N/OCCO/N=C/c2cccc(OC)c2[O-])c1[O-].O=C([O-])c1ccc(C(=O)[O-])cc1.O=[N+]([O-])[O-].O=[N+]([O-])[O-].O=[N+]([O-])[O-].O=[N+]([O-])[O-].[Gd+2].[Gd+3].[Ni+2].[Ni+3]. The molecule has 5 rings (SSSR count). The molecule has 0 atom stereocenters. The van der Waals surface area contributed by atoms with Crippen molar-refractivity contribution in [3.8, 4) is 46.0 Å². The Balaban J connectivity index is -0.000000124. The molecular weight excluding hydrogens is 1710 g/mol. The number of carboxylic acids is 2. The Hall–Kier alpha value is -9.38. The van der Waals surface area contributed by atoms with E-state index >= 15 is 0 Å². The smallest absolute Gasteiger partial charge is 0.870 e. The standard InChI is InChI=1S/2C18H20N2O6.C8H6O4.2C3H7NO.2CH4O.2Gd.4NO3.2Ni/c2*1-23-15-7-3-5-13(17(15)21)11-19-25-9-10-26-20-12-14-6-4-8-16(24-2)18(14)22;9-7(10)5-1-2-6(4-3-5)8(11)12;2*1-4(2)3-5;2*1-2;;;4*2-1(3)4;;/h2*3-8,11-12,21-22H,9-10H2,1-2H3;1-4H,(H,9,10)(H,11,12);2*3H,1-2H3;2*2H,1H3;;;;;;;;/q;;;;;;;+2;+3;4*-1;+2;+3/p-6/b2*19-11+,20-12+;;;;;;;;;;;;;. The first-order chi connectivity index (χ1) is 44.4. The van der Waals surface area contributed by atoms with E-state index in [4.69, 9.17) is 110 Å². The summed E-state index contributed by atoms with van der Waals surface area (Å²) in [4.78, 5) is 95.1. The number of carbonyl (C=O) groups excluding carboxylic acids is 4. The molecule has 0 aliphatic heterocycles. The van der Waals surface area contributed by atoms with E-state index in [1.807, 2.05) is 0 Å². The van der Waals surface area contributed by atoms with E-state index in [1.165, 1.54) is 63.1 Å². The van der Waals surface area contributed by atoms with Crippen molar-refractivity contribution in [1.82, 2.24) is 9.80 Å². The van der Waals surface area contributed by atoms with Crippen LogP contribution in [0.3, 0.4) is 0 Å². The predicted molar refractivity (Wildman–Crippen MR) is 316 cm³/mol. The molecule has 5 aromatic carbocycles. The molecule has 5 aromatic rings. The Labute approximate surface area is 641 Å². The number of para-hydroxylation sites is 4. The average molecular weight is 1770 g/mol. The first-order valence-corrected chi connectivity index (χ1v) is 24.3. The number of hydrogen-bond acceptors (Lipinski definition) is 36. The summed E-state index contributed by atoms with van der Waals surface area (Å²) in [7, 11) is 14.4. The van der Waals surface area contributed by atoms with Crippen LogP contribution in [-0.4, -0.2) is 187 Å². The number of aromatic carboxylic acids is 2. The summed E-state index contributed by atoms with van der Waals surface area (Å²) in [5.41, 5.74) is 1.29. The van der Waals surface area contributed by atoms with Gasteiger partial charge in [-0.25, -0.2) is 0 Å². The molecule has 0 heterocycles. The number of benzene rings is 5. The van der Waals surface area contributed by atoms with Gasteiger partial charge in [-0.3, -0.25) is 9.59 Å². The number of nitrogens with zero attached hydrogens (tertiary/aromatic N) is 10. The van der Waals surface area contributed by atoms with Crippen molar-refractivity contribution in [1.29, 1.82) is 0 Å². The number of hydrogen-bond donors (Lipinski definition) is 2. The Kier molecular flexibility index (Phi) is 82.5. The third-order valence-electron chi connectivity index (χ3n) is 8.29. The number of carbonyl (C=O) groups is 4.